The number of fused-ring (bicyclic) bond motifs is 17. The van der Waals surface area contributed by atoms with Gasteiger partial charge in [0.2, 0.25) is 0 Å². The molecule has 1 nitrogen and oxygen atoms in total. The highest BCUT2D eigenvalue weighted by Crippen LogP contribution is 2.66. The van der Waals surface area contributed by atoms with Crippen LogP contribution in [0.2, 0.25) is 0 Å². The number of hydrogen-bond donors (Lipinski definition) is 0. The number of hydrogen-bond acceptors (Lipinski definition) is 1. The van der Waals surface area contributed by atoms with E-state index in [2.05, 4.69) is 207 Å². The number of benzene rings is 9. The van der Waals surface area contributed by atoms with Gasteiger partial charge in [0.1, 0.15) is 0 Å². The molecule has 0 saturated carbocycles. The molecule has 0 heterocycles. The second-order valence-corrected chi connectivity index (χ2v) is 16.8. The predicted molar refractivity (Wildman–Crippen MR) is 237 cm³/mol. The Bertz CT molecular complexity index is 3220. The lowest BCUT2D eigenvalue weighted by Gasteiger charge is -2.33. The molecule has 13 rings (SSSR count). The molecule has 0 N–H and O–H groups in total. The maximum atomic E-state index is 2.57. The van der Waals surface area contributed by atoms with Crippen molar-refractivity contribution in [2.45, 2.75) is 24.7 Å². The minimum atomic E-state index is -0.490. The fourth-order valence-corrected chi connectivity index (χ4v) is 11.5. The largest absolute Gasteiger partial charge is 0.310 e. The lowest BCUT2D eigenvalue weighted by atomic mass is 9.70. The minimum Gasteiger partial charge on any atom is -0.310 e. The highest BCUT2D eigenvalue weighted by Gasteiger charge is 2.53. The fraction of sp³-hybridized carbons (Fsp3) is 0.0714. The normalized spacial score (nSPS) is 16.5. The molecular weight excluding hydrogens is 687 g/mol. The van der Waals surface area contributed by atoms with E-state index in [9.17, 15) is 0 Å². The molecule has 0 fully saturated rings. The fourth-order valence-electron chi connectivity index (χ4n) is 11.5. The molecule has 0 radical (unpaired) electrons. The van der Waals surface area contributed by atoms with E-state index in [1.165, 1.54) is 105 Å². The third kappa shape index (κ3) is 3.80. The van der Waals surface area contributed by atoms with Gasteiger partial charge in [-0.25, -0.2) is 0 Å². The summed E-state index contributed by atoms with van der Waals surface area (Å²) < 4.78 is 0. The molecule has 0 aromatic heterocycles. The van der Waals surface area contributed by atoms with Gasteiger partial charge in [-0.2, -0.15) is 0 Å². The molecule has 0 bridgehead atoms. The summed E-state index contributed by atoms with van der Waals surface area (Å²) in [4.78, 5) is 2.47. The molecule has 1 heteroatoms. The highest BCUT2D eigenvalue weighted by atomic mass is 15.1. The highest BCUT2D eigenvalue weighted by molar-refractivity contribution is 6.21. The Labute approximate surface area is 333 Å². The van der Waals surface area contributed by atoms with Gasteiger partial charge in [-0.3, -0.25) is 0 Å². The molecular formula is C56H37N. The molecule has 1 atom stereocenters. The van der Waals surface area contributed by atoms with Crippen LogP contribution in [0.3, 0.4) is 0 Å². The van der Waals surface area contributed by atoms with Gasteiger partial charge in [0.05, 0.1) is 5.41 Å². The first-order valence-corrected chi connectivity index (χ1v) is 20.2. The first kappa shape index (κ1) is 31.3. The van der Waals surface area contributed by atoms with Crippen molar-refractivity contribution >= 4 is 27.8 Å². The summed E-state index contributed by atoms with van der Waals surface area (Å²) in [5, 5.41) is 2.72. The number of nitrogens with zero attached hydrogens (tertiary/aromatic N) is 1. The van der Waals surface area contributed by atoms with Gasteiger partial charge in [-0.05, 0) is 142 Å². The predicted octanol–water partition coefficient (Wildman–Crippen LogP) is 14.6. The van der Waals surface area contributed by atoms with Crippen molar-refractivity contribution in [2.75, 3.05) is 4.90 Å². The van der Waals surface area contributed by atoms with Gasteiger partial charge in [0.25, 0.3) is 0 Å². The summed E-state index contributed by atoms with van der Waals surface area (Å²) in [5.41, 5.74) is 24.4. The molecule has 9 aromatic rings. The van der Waals surface area contributed by atoms with Crippen LogP contribution in [0.15, 0.2) is 188 Å². The summed E-state index contributed by atoms with van der Waals surface area (Å²) in [5.74, 6) is 0. The average Bonchev–Trinajstić information content (AvgIpc) is 3.93. The van der Waals surface area contributed by atoms with Crippen LogP contribution in [0.25, 0.3) is 66.4 Å². The van der Waals surface area contributed by atoms with E-state index in [1.807, 2.05) is 0 Å². The Morgan fingerprint density at radius 2 is 0.825 bits per heavy atom. The van der Waals surface area contributed by atoms with Gasteiger partial charge in [0, 0.05) is 22.5 Å². The zero-order chi connectivity index (χ0) is 37.6. The van der Waals surface area contributed by atoms with Gasteiger partial charge in [0.15, 0.2) is 0 Å². The van der Waals surface area contributed by atoms with Gasteiger partial charge >= 0.3 is 0 Å². The van der Waals surface area contributed by atoms with E-state index < -0.39 is 5.41 Å². The standard InChI is InChI=1S/C56H37N/c1-55(2)47-24-11-8-19-39(47)41-29-27-35(31-50(41)55)57(34-15-4-3-5-16-34)36-28-30-42-40-20-9-12-25-48(40)56(51(42)32-36)49-26-13-10-21-44(49)54-45-23-14-22-43-37-17-6-7-18-38(37)46(53(43)45)33-52(54)56/h3-33H,1-2H3. The molecule has 9 aromatic carbocycles. The van der Waals surface area contributed by atoms with Crippen molar-refractivity contribution in [2.24, 2.45) is 0 Å². The summed E-state index contributed by atoms with van der Waals surface area (Å²) >= 11 is 0. The SMILES string of the molecule is CC1(C)c2ccccc2-c2ccc(N(c3ccccc3)c3ccc4c(c3)C3(c5ccccc5-4)c4ccccc4-c4c3cc3c5c(cccc45)-c4ccccc4-3)cc21. The van der Waals surface area contributed by atoms with E-state index in [0.717, 1.165) is 11.4 Å². The van der Waals surface area contributed by atoms with Crippen LogP contribution in [0, 0.1) is 0 Å². The third-order valence-corrected chi connectivity index (χ3v) is 13.8. The van der Waals surface area contributed by atoms with Crippen molar-refractivity contribution in [1.29, 1.82) is 0 Å². The van der Waals surface area contributed by atoms with E-state index in [1.54, 1.807) is 0 Å². The van der Waals surface area contributed by atoms with E-state index in [0.29, 0.717) is 0 Å². The van der Waals surface area contributed by atoms with Crippen molar-refractivity contribution in [3.05, 3.63) is 221 Å². The van der Waals surface area contributed by atoms with Crippen molar-refractivity contribution in [3.63, 3.8) is 0 Å². The summed E-state index contributed by atoms with van der Waals surface area (Å²) in [7, 11) is 0. The second-order valence-electron chi connectivity index (χ2n) is 16.8. The van der Waals surface area contributed by atoms with Crippen LogP contribution in [-0.2, 0) is 10.8 Å². The van der Waals surface area contributed by atoms with Crippen LogP contribution in [0.4, 0.5) is 17.1 Å². The van der Waals surface area contributed by atoms with Gasteiger partial charge < -0.3 is 4.90 Å². The Morgan fingerprint density at radius 1 is 0.316 bits per heavy atom. The zero-order valence-electron chi connectivity index (χ0n) is 31.8. The Morgan fingerprint density at radius 3 is 1.54 bits per heavy atom. The van der Waals surface area contributed by atoms with E-state index in [-0.39, 0.29) is 5.41 Å². The molecule has 0 aliphatic heterocycles. The molecule has 0 saturated heterocycles. The first-order chi connectivity index (χ1) is 28.0. The number of para-hydroxylation sites is 1. The molecule has 57 heavy (non-hydrogen) atoms. The van der Waals surface area contributed by atoms with Crippen LogP contribution < -0.4 is 4.90 Å². The lowest BCUT2D eigenvalue weighted by Crippen LogP contribution is -2.26. The van der Waals surface area contributed by atoms with Crippen molar-refractivity contribution in [1.82, 2.24) is 0 Å². The molecule has 1 spiro atoms. The topological polar surface area (TPSA) is 3.24 Å². The van der Waals surface area contributed by atoms with Crippen LogP contribution in [0.1, 0.15) is 47.2 Å². The number of rotatable bonds is 3. The smallest absolute Gasteiger partial charge is 0.0726 e. The monoisotopic (exact) mass is 723 g/mol. The lowest BCUT2D eigenvalue weighted by molar-refractivity contribution is 0.660. The zero-order valence-corrected chi connectivity index (χ0v) is 31.8. The summed E-state index contributed by atoms with van der Waals surface area (Å²) in [6.07, 6.45) is 0. The quantitative estimate of drug-likeness (QED) is 0.175. The molecule has 4 aliphatic carbocycles. The summed E-state index contributed by atoms with van der Waals surface area (Å²) in [6, 6.07) is 71.1. The maximum absolute atomic E-state index is 2.57. The number of anilines is 3. The molecule has 0 amide bonds. The van der Waals surface area contributed by atoms with Crippen LogP contribution in [-0.4, -0.2) is 0 Å². The first-order valence-electron chi connectivity index (χ1n) is 20.2. The van der Waals surface area contributed by atoms with Crippen LogP contribution in [0.5, 0.6) is 0 Å². The average molecular weight is 724 g/mol. The van der Waals surface area contributed by atoms with E-state index in [4.69, 9.17) is 0 Å². The Hall–Kier alpha value is -6.96. The van der Waals surface area contributed by atoms with E-state index >= 15 is 0 Å². The van der Waals surface area contributed by atoms with Gasteiger partial charge in [-0.1, -0.05) is 159 Å². The van der Waals surface area contributed by atoms with Crippen LogP contribution >= 0.6 is 0 Å². The Kier molecular flexibility index (Phi) is 5.96. The van der Waals surface area contributed by atoms with Crippen molar-refractivity contribution in [3.8, 4) is 55.6 Å². The van der Waals surface area contributed by atoms with Crippen molar-refractivity contribution < 1.29 is 0 Å². The second kappa shape index (κ2) is 10.9. The summed E-state index contributed by atoms with van der Waals surface area (Å²) in [6.45, 7) is 4.74. The molecule has 266 valence electrons. The third-order valence-electron chi connectivity index (χ3n) is 13.8. The maximum Gasteiger partial charge on any atom is 0.0726 e. The molecule has 4 aliphatic rings. The molecule has 1 unspecified atom stereocenters. The minimum absolute atomic E-state index is 0.103. The Balaban J connectivity index is 1.10. The van der Waals surface area contributed by atoms with Gasteiger partial charge in [-0.15, -0.1) is 0 Å².